The van der Waals surface area contributed by atoms with Crippen molar-refractivity contribution in [3.8, 4) is 0 Å². The van der Waals surface area contributed by atoms with Gasteiger partial charge in [-0.05, 0) is 13.3 Å². The molecule has 8 nitrogen and oxygen atoms in total. The summed E-state index contributed by atoms with van der Waals surface area (Å²) < 4.78 is 2.28. The van der Waals surface area contributed by atoms with Crippen molar-refractivity contribution in [1.82, 2.24) is 14.0 Å². The lowest BCUT2D eigenvalue weighted by Gasteiger charge is -2.34. The van der Waals surface area contributed by atoms with Gasteiger partial charge in [-0.25, -0.2) is 4.79 Å². The molecule has 1 aliphatic rings. The smallest absolute Gasteiger partial charge is 0.331 e. The average Bonchev–Trinajstić information content (AvgIpc) is 2.51. The van der Waals surface area contributed by atoms with Crippen LogP contribution in [0.5, 0.6) is 0 Å². The minimum atomic E-state index is -1.03. The maximum absolute atomic E-state index is 12.5. The summed E-state index contributed by atoms with van der Waals surface area (Å²) in [6.45, 7) is 3.59. The first-order chi connectivity index (χ1) is 11.7. The van der Waals surface area contributed by atoms with Crippen LogP contribution in [0.2, 0.25) is 0 Å². The van der Waals surface area contributed by atoms with Crippen LogP contribution in [0.25, 0.3) is 0 Å². The topological polar surface area (TPSA) is 105 Å². The van der Waals surface area contributed by atoms with Crippen LogP contribution >= 0.6 is 12.6 Å². The lowest BCUT2D eigenvalue weighted by atomic mass is 10.1. The van der Waals surface area contributed by atoms with Crippen molar-refractivity contribution in [1.29, 1.82) is 0 Å². The van der Waals surface area contributed by atoms with E-state index < -0.39 is 29.5 Å². The third kappa shape index (κ3) is 4.60. The fraction of sp³-hybridized carbons (Fsp3) is 0.688. The number of rotatable bonds is 4. The van der Waals surface area contributed by atoms with Crippen LogP contribution in [0.3, 0.4) is 0 Å². The monoisotopic (exact) mass is 371 g/mol. The third-order valence-corrected chi connectivity index (χ3v) is 4.75. The molecule has 2 N–H and O–H groups in total. The van der Waals surface area contributed by atoms with Crippen LogP contribution in [0.15, 0.2) is 15.7 Å². The fourth-order valence-electron chi connectivity index (χ4n) is 3.26. The van der Waals surface area contributed by atoms with E-state index >= 15 is 0 Å². The second kappa shape index (κ2) is 8.31. The highest BCUT2D eigenvalue weighted by atomic mass is 32.1. The van der Waals surface area contributed by atoms with Gasteiger partial charge in [0.15, 0.2) is 0 Å². The molecule has 2 rings (SSSR count). The zero-order valence-electron chi connectivity index (χ0n) is 14.5. The van der Waals surface area contributed by atoms with Gasteiger partial charge in [0.2, 0.25) is 5.12 Å². The van der Waals surface area contributed by atoms with E-state index in [9.17, 15) is 24.6 Å². The SMILES string of the molecule is CCCC(C(=O)S)N1CC(O)Cn2c(C)cc(=O)n(c2=O)CC(O)C1. The van der Waals surface area contributed by atoms with E-state index in [4.69, 9.17) is 0 Å². The minimum Gasteiger partial charge on any atom is -0.390 e. The van der Waals surface area contributed by atoms with E-state index in [1.165, 1.54) is 10.6 Å². The van der Waals surface area contributed by atoms with Gasteiger partial charge in [0, 0.05) is 24.8 Å². The number of hydrogen-bond donors (Lipinski definition) is 3. The quantitative estimate of drug-likeness (QED) is 0.586. The van der Waals surface area contributed by atoms with Gasteiger partial charge in [-0.1, -0.05) is 13.3 Å². The van der Waals surface area contributed by atoms with Gasteiger partial charge in [-0.2, -0.15) is 0 Å². The van der Waals surface area contributed by atoms with Crippen molar-refractivity contribution in [2.24, 2.45) is 0 Å². The highest BCUT2D eigenvalue weighted by molar-refractivity contribution is 7.96. The first-order valence-corrected chi connectivity index (χ1v) is 8.83. The highest BCUT2D eigenvalue weighted by Crippen LogP contribution is 2.14. The Morgan fingerprint density at radius 2 is 1.76 bits per heavy atom. The van der Waals surface area contributed by atoms with Crippen LogP contribution < -0.4 is 11.2 Å². The minimum absolute atomic E-state index is 0.0111. The molecule has 1 aliphatic heterocycles. The molecule has 3 atom stereocenters. The van der Waals surface area contributed by atoms with Crippen LogP contribution in [-0.2, 0) is 17.9 Å². The number of hydrogen-bond acceptors (Lipinski definition) is 6. The summed E-state index contributed by atoms with van der Waals surface area (Å²) >= 11 is 3.93. The van der Waals surface area contributed by atoms with Crippen molar-refractivity contribution >= 4 is 17.7 Å². The lowest BCUT2D eigenvalue weighted by molar-refractivity contribution is -0.117. The lowest BCUT2D eigenvalue weighted by Crippen LogP contribution is -2.53. The molecule has 0 radical (unpaired) electrons. The number of fused-ring (bicyclic) bond motifs is 2. The molecule has 0 aliphatic carbocycles. The first kappa shape index (κ1) is 19.9. The summed E-state index contributed by atoms with van der Waals surface area (Å²) in [7, 11) is 0. The predicted octanol–water partition coefficient (Wildman–Crippen LogP) is -1.02. The molecule has 9 heteroatoms. The standard InChI is InChI=1S/C16H25N3O5S/c1-3-4-13(15(23)25)17-6-11(20)8-18-10(2)5-14(22)19(16(18)24)9-12(21)7-17/h5,11-13,20-21H,3-4,6-9H2,1-2H3,(H,23,25). The highest BCUT2D eigenvalue weighted by Gasteiger charge is 2.29. The van der Waals surface area contributed by atoms with E-state index in [1.807, 2.05) is 6.92 Å². The Morgan fingerprint density at radius 3 is 2.28 bits per heavy atom. The molecule has 25 heavy (non-hydrogen) atoms. The molecule has 2 heterocycles. The van der Waals surface area contributed by atoms with E-state index in [1.54, 1.807) is 11.8 Å². The first-order valence-electron chi connectivity index (χ1n) is 8.38. The number of thiol groups is 1. The van der Waals surface area contributed by atoms with Crippen molar-refractivity contribution in [3.63, 3.8) is 0 Å². The van der Waals surface area contributed by atoms with Crippen LogP contribution in [0.4, 0.5) is 0 Å². The van der Waals surface area contributed by atoms with Gasteiger partial charge in [0.1, 0.15) is 0 Å². The fourth-order valence-corrected chi connectivity index (χ4v) is 3.55. The Morgan fingerprint density at radius 1 is 1.20 bits per heavy atom. The number of aryl methyl sites for hydroxylation is 1. The van der Waals surface area contributed by atoms with Gasteiger partial charge < -0.3 is 10.2 Å². The Kier molecular flexibility index (Phi) is 6.61. The molecule has 1 aromatic heterocycles. The Balaban J connectivity index is 2.42. The summed E-state index contributed by atoms with van der Waals surface area (Å²) in [5.74, 6) is 0. The molecule has 0 fully saturated rings. The molecule has 0 saturated heterocycles. The van der Waals surface area contributed by atoms with Gasteiger partial charge >= 0.3 is 5.69 Å². The average molecular weight is 371 g/mol. The predicted molar refractivity (Wildman–Crippen MR) is 96.0 cm³/mol. The number of aliphatic hydroxyl groups is 2. The number of aromatic nitrogens is 2. The summed E-state index contributed by atoms with van der Waals surface area (Å²) in [6, 6.07) is 0.780. The van der Waals surface area contributed by atoms with Crippen LogP contribution in [0.1, 0.15) is 25.5 Å². The summed E-state index contributed by atoms with van der Waals surface area (Å²) in [4.78, 5) is 38.1. The molecule has 140 valence electrons. The molecular weight excluding hydrogens is 346 g/mol. The van der Waals surface area contributed by atoms with Crippen molar-refractivity contribution in [3.05, 3.63) is 32.6 Å². The summed E-state index contributed by atoms with van der Waals surface area (Å²) in [5.41, 5.74) is -0.594. The Labute approximate surface area is 151 Å². The molecular formula is C16H25N3O5S. The van der Waals surface area contributed by atoms with Gasteiger partial charge in [-0.3, -0.25) is 23.6 Å². The second-order valence-electron chi connectivity index (χ2n) is 6.53. The molecule has 3 unspecified atom stereocenters. The second-order valence-corrected chi connectivity index (χ2v) is 6.97. The van der Waals surface area contributed by atoms with Gasteiger partial charge in [-0.15, -0.1) is 12.6 Å². The van der Waals surface area contributed by atoms with E-state index in [2.05, 4.69) is 12.6 Å². The van der Waals surface area contributed by atoms with E-state index in [-0.39, 0.29) is 31.3 Å². The number of aliphatic hydroxyl groups excluding tert-OH is 2. The maximum Gasteiger partial charge on any atom is 0.331 e. The summed E-state index contributed by atoms with van der Waals surface area (Å²) in [6.07, 6.45) is -0.665. The molecule has 2 bridgehead atoms. The van der Waals surface area contributed by atoms with Crippen molar-refractivity contribution in [2.45, 2.75) is 58.0 Å². The van der Waals surface area contributed by atoms with Gasteiger partial charge in [0.25, 0.3) is 5.56 Å². The normalized spacial score (nSPS) is 23.2. The molecule has 0 spiro atoms. The van der Waals surface area contributed by atoms with E-state index in [0.717, 1.165) is 11.0 Å². The molecule has 1 aromatic rings. The summed E-state index contributed by atoms with van der Waals surface area (Å²) in [5, 5.41) is 20.4. The van der Waals surface area contributed by atoms with Crippen molar-refractivity contribution in [2.75, 3.05) is 13.1 Å². The van der Waals surface area contributed by atoms with Crippen LogP contribution in [-0.4, -0.2) is 60.7 Å². The zero-order valence-corrected chi connectivity index (χ0v) is 15.4. The maximum atomic E-state index is 12.5. The molecule has 0 amide bonds. The largest absolute Gasteiger partial charge is 0.390 e. The number of nitrogens with zero attached hydrogens (tertiary/aromatic N) is 3. The van der Waals surface area contributed by atoms with E-state index in [0.29, 0.717) is 12.1 Å². The van der Waals surface area contributed by atoms with Gasteiger partial charge in [0.05, 0.1) is 31.3 Å². The Hall–Kier alpha value is -1.42. The Bertz CT molecular complexity index is 744. The number of β-amino-alcohol motifs (C(OH)–C–C–N with tert-alkyl or cyclic N) is 2. The zero-order chi connectivity index (χ0) is 18.7. The number of carbonyl (C=O) groups is 1. The third-order valence-electron chi connectivity index (χ3n) is 4.45. The van der Waals surface area contributed by atoms with Crippen LogP contribution in [0, 0.1) is 6.92 Å². The molecule has 0 saturated carbocycles. The van der Waals surface area contributed by atoms with Crippen molar-refractivity contribution < 1.29 is 15.0 Å². The number of carbonyl (C=O) groups excluding carboxylic acids is 1. The molecule has 0 aromatic carbocycles.